The molecule has 52 heavy (non-hydrogen) atoms. The van der Waals surface area contributed by atoms with E-state index in [0.717, 1.165) is 70.6 Å². The van der Waals surface area contributed by atoms with Gasteiger partial charge in [-0.15, -0.1) is 0 Å². The maximum atomic E-state index is 12.6. The van der Waals surface area contributed by atoms with Crippen LogP contribution >= 0.6 is 0 Å². The van der Waals surface area contributed by atoms with Crippen LogP contribution < -0.4 is 5.32 Å². The summed E-state index contributed by atoms with van der Waals surface area (Å²) in [5, 5.41) is 2.59. The largest absolute Gasteiger partial charge is 0.462 e. The fourth-order valence-electron chi connectivity index (χ4n) is 6.37. The van der Waals surface area contributed by atoms with Crippen LogP contribution in [0, 0.1) is 0 Å². The first-order chi connectivity index (χ1) is 25.5. The Bertz CT molecular complexity index is 962. The number of allylic oxidation sites excluding steroid dienone is 4. The van der Waals surface area contributed by atoms with Crippen LogP contribution in [-0.2, 0) is 33.4 Å². The maximum Gasteiger partial charge on any atom is 0.328 e. The van der Waals surface area contributed by atoms with Gasteiger partial charge in [0.25, 0.3) is 0 Å². The SMILES string of the molecule is CCCCCCCC/C=C\CCCCCCCC(=O)OCC(COC(=O)[C@@H]1CCC(=O)N1)OC(=O)CCCCCCC/C=C\CCCCCCCC. The van der Waals surface area contributed by atoms with Crippen molar-refractivity contribution in [2.75, 3.05) is 13.2 Å². The minimum Gasteiger partial charge on any atom is -0.462 e. The predicted octanol–water partition coefficient (Wildman–Crippen LogP) is 11.3. The van der Waals surface area contributed by atoms with E-state index in [1.54, 1.807) is 0 Å². The van der Waals surface area contributed by atoms with Gasteiger partial charge in [0.05, 0.1) is 0 Å². The van der Waals surface area contributed by atoms with E-state index in [4.69, 9.17) is 14.2 Å². The van der Waals surface area contributed by atoms with E-state index in [1.807, 2.05) is 0 Å². The van der Waals surface area contributed by atoms with Crippen LogP contribution in [0.2, 0.25) is 0 Å². The third-order valence-corrected chi connectivity index (χ3v) is 9.71. The van der Waals surface area contributed by atoms with Crippen LogP contribution in [0.3, 0.4) is 0 Å². The lowest BCUT2D eigenvalue weighted by molar-refractivity contribution is -0.167. The van der Waals surface area contributed by atoms with Crippen LogP contribution in [0.1, 0.15) is 206 Å². The summed E-state index contributed by atoms with van der Waals surface area (Å²) in [4.78, 5) is 49.0. The minimum absolute atomic E-state index is 0.160. The van der Waals surface area contributed by atoms with Gasteiger partial charge in [-0.2, -0.15) is 0 Å². The molecule has 300 valence electrons. The molecule has 1 aliphatic heterocycles. The van der Waals surface area contributed by atoms with Gasteiger partial charge in [0.15, 0.2) is 6.10 Å². The van der Waals surface area contributed by atoms with Crippen molar-refractivity contribution in [2.24, 2.45) is 0 Å². The highest BCUT2D eigenvalue weighted by Crippen LogP contribution is 2.14. The zero-order valence-corrected chi connectivity index (χ0v) is 33.4. The van der Waals surface area contributed by atoms with E-state index < -0.39 is 18.1 Å². The van der Waals surface area contributed by atoms with Gasteiger partial charge in [0.1, 0.15) is 19.3 Å². The molecule has 8 heteroatoms. The number of esters is 3. The molecule has 0 aromatic rings. The Morgan fingerprint density at radius 2 is 0.981 bits per heavy atom. The zero-order valence-electron chi connectivity index (χ0n) is 33.4. The molecule has 0 bridgehead atoms. The molecule has 8 nitrogen and oxygen atoms in total. The lowest BCUT2D eigenvalue weighted by Crippen LogP contribution is -2.37. The third-order valence-electron chi connectivity index (χ3n) is 9.71. The fourth-order valence-corrected chi connectivity index (χ4v) is 6.37. The van der Waals surface area contributed by atoms with Crippen molar-refractivity contribution in [3.8, 4) is 0 Å². The molecule has 0 spiro atoms. The molecule has 1 fully saturated rings. The number of amides is 1. The van der Waals surface area contributed by atoms with Crippen molar-refractivity contribution >= 4 is 23.8 Å². The van der Waals surface area contributed by atoms with Crippen molar-refractivity contribution in [1.29, 1.82) is 0 Å². The summed E-state index contributed by atoms with van der Waals surface area (Å²) in [6, 6.07) is -0.691. The first kappa shape index (κ1) is 47.4. The normalized spacial score (nSPS) is 15.0. The summed E-state index contributed by atoms with van der Waals surface area (Å²) < 4.78 is 16.4. The van der Waals surface area contributed by atoms with Crippen LogP contribution in [0.15, 0.2) is 24.3 Å². The Kier molecular flexibility index (Phi) is 32.2. The first-order valence-corrected chi connectivity index (χ1v) is 21.6. The van der Waals surface area contributed by atoms with Crippen LogP contribution in [0.25, 0.3) is 0 Å². The van der Waals surface area contributed by atoms with Gasteiger partial charge < -0.3 is 19.5 Å². The third kappa shape index (κ3) is 29.9. The van der Waals surface area contributed by atoms with Crippen molar-refractivity contribution in [3.63, 3.8) is 0 Å². The van der Waals surface area contributed by atoms with E-state index >= 15 is 0 Å². The van der Waals surface area contributed by atoms with Gasteiger partial charge >= 0.3 is 17.9 Å². The van der Waals surface area contributed by atoms with Crippen LogP contribution in [0.4, 0.5) is 0 Å². The molecule has 0 radical (unpaired) electrons. The zero-order chi connectivity index (χ0) is 37.7. The molecule has 0 aromatic heterocycles. The molecule has 1 saturated heterocycles. The van der Waals surface area contributed by atoms with E-state index in [0.29, 0.717) is 12.8 Å². The van der Waals surface area contributed by atoms with Crippen LogP contribution in [-0.4, -0.2) is 49.2 Å². The summed E-state index contributed by atoms with van der Waals surface area (Å²) in [5.74, 6) is -1.48. The van der Waals surface area contributed by atoms with Crippen molar-refractivity contribution in [1.82, 2.24) is 5.32 Å². The summed E-state index contributed by atoms with van der Waals surface area (Å²) in [5.41, 5.74) is 0. The Morgan fingerprint density at radius 1 is 0.577 bits per heavy atom. The van der Waals surface area contributed by atoms with Gasteiger partial charge in [-0.3, -0.25) is 14.4 Å². The second-order valence-electron chi connectivity index (χ2n) is 14.8. The molecule has 1 amide bonds. The summed E-state index contributed by atoms with van der Waals surface area (Å²) in [7, 11) is 0. The van der Waals surface area contributed by atoms with Gasteiger partial charge in [-0.1, -0.05) is 141 Å². The topological polar surface area (TPSA) is 108 Å². The number of rotatable bonds is 36. The van der Waals surface area contributed by atoms with Crippen molar-refractivity contribution in [2.45, 2.75) is 219 Å². The quantitative estimate of drug-likeness (QED) is 0.0296. The Hall–Kier alpha value is -2.64. The monoisotopic (exact) mass is 732 g/mol. The fraction of sp³-hybridized carbons (Fsp3) is 0.818. The molecule has 1 N–H and O–H groups in total. The molecular weight excluding hydrogens is 654 g/mol. The second kappa shape index (κ2) is 35.4. The lowest BCUT2D eigenvalue weighted by atomic mass is 10.1. The summed E-state index contributed by atoms with van der Waals surface area (Å²) in [6.07, 6.45) is 40.4. The lowest BCUT2D eigenvalue weighted by Gasteiger charge is -2.19. The molecular formula is C44H77NO7. The molecule has 1 unspecified atom stereocenters. The standard InChI is InChI=1S/C44H77NO7/c1-3-5-7-9-11-13-15-17-19-21-23-25-27-29-31-33-42(47)50-37-39(38-51-44(49)40-35-36-41(46)45-40)52-43(48)34-32-30-28-26-24-22-20-18-16-14-12-10-8-6-4-2/h17-20,39-40H,3-16,21-38H2,1-2H3,(H,45,46)/b19-17-,20-18-/t39?,40-/m0/s1. The molecule has 0 saturated carbocycles. The van der Waals surface area contributed by atoms with Gasteiger partial charge in [0, 0.05) is 19.3 Å². The molecule has 0 aromatic carbocycles. The van der Waals surface area contributed by atoms with Crippen LogP contribution in [0.5, 0.6) is 0 Å². The number of hydrogen-bond acceptors (Lipinski definition) is 7. The Labute approximate surface area is 318 Å². The Morgan fingerprint density at radius 3 is 1.42 bits per heavy atom. The average Bonchev–Trinajstić information content (AvgIpc) is 3.58. The predicted molar refractivity (Wildman–Crippen MR) is 212 cm³/mol. The molecule has 0 aliphatic carbocycles. The number of carbonyl (C=O) groups excluding carboxylic acids is 4. The number of nitrogens with one attached hydrogen (secondary N) is 1. The van der Waals surface area contributed by atoms with Gasteiger partial charge in [-0.05, 0) is 70.6 Å². The van der Waals surface area contributed by atoms with E-state index in [-0.39, 0.29) is 43.9 Å². The van der Waals surface area contributed by atoms with E-state index in [9.17, 15) is 19.2 Å². The van der Waals surface area contributed by atoms with Crippen molar-refractivity contribution < 1.29 is 33.4 Å². The number of unbranched alkanes of at least 4 members (excludes halogenated alkanes) is 22. The highest BCUT2D eigenvalue weighted by Gasteiger charge is 2.29. The number of carbonyl (C=O) groups is 4. The number of ether oxygens (including phenoxy) is 3. The average molecular weight is 732 g/mol. The highest BCUT2D eigenvalue weighted by atomic mass is 16.6. The Balaban J connectivity index is 2.22. The summed E-state index contributed by atoms with van der Waals surface area (Å²) >= 11 is 0. The van der Waals surface area contributed by atoms with E-state index in [2.05, 4.69) is 43.5 Å². The highest BCUT2D eigenvalue weighted by molar-refractivity contribution is 5.88. The van der Waals surface area contributed by atoms with E-state index in [1.165, 1.54) is 96.3 Å². The molecule has 1 aliphatic rings. The maximum absolute atomic E-state index is 12.6. The molecule has 2 atom stereocenters. The van der Waals surface area contributed by atoms with Gasteiger partial charge in [0.2, 0.25) is 5.91 Å². The number of hydrogen-bond donors (Lipinski definition) is 1. The first-order valence-electron chi connectivity index (χ1n) is 21.6. The smallest absolute Gasteiger partial charge is 0.328 e. The van der Waals surface area contributed by atoms with Crippen molar-refractivity contribution in [3.05, 3.63) is 24.3 Å². The second-order valence-corrected chi connectivity index (χ2v) is 14.8. The summed E-state index contributed by atoms with van der Waals surface area (Å²) in [6.45, 7) is 4.12. The molecule has 1 heterocycles. The molecule has 1 rings (SSSR count). The minimum atomic E-state index is -0.880. The van der Waals surface area contributed by atoms with Gasteiger partial charge in [-0.25, -0.2) is 4.79 Å².